The van der Waals surface area contributed by atoms with Crippen molar-refractivity contribution >= 4 is 17.1 Å². The molecule has 3 aromatic rings. The number of urea groups is 1. The first-order valence-corrected chi connectivity index (χ1v) is 9.95. The minimum Gasteiger partial charge on any atom is -0.497 e. The number of hydrogen-bond donors (Lipinski definition) is 4. The Morgan fingerprint density at radius 2 is 2.03 bits per heavy atom. The summed E-state index contributed by atoms with van der Waals surface area (Å²) < 4.78 is 5.23. The number of aliphatic hydroxyl groups excluding tert-OH is 1. The average Bonchev–Trinajstić information content (AvgIpc) is 3.34. The van der Waals surface area contributed by atoms with E-state index >= 15 is 0 Å². The molecule has 152 valence electrons. The SMILES string of the molecule is COc1ccc(C[C@@H](NC(=O)N[C@@H]2CCC[C@H]2O)c2nc3ccccc3[nH]2)cc1. The van der Waals surface area contributed by atoms with E-state index in [1.165, 1.54) is 0 Å². The highest BCUT2D eigenvalue weighted by atomic mass is 16.5. The van der Waals surface area contributed by atoms with Crippen LogP contribution in [0.4, 0.5) is 4.79 Å². The van der Waals surface area contributed by atoms with Crippen molar-refractivity contribution in [2.45, 2.75) is 43.9 Å². The van der Waals surface area contributed by atoms with Gasteiger partial charge in [-0.05, 0) is 55.5 Å². The molecule has 0 unspecified atom stereocenters. The molecule has 1 saturated carbocycles. The highest BCUT2D eigenvalue weighted by molar-refractivity contribution is 5.76. The van der Waals surface area contributed by atoms with Crippen molar-refractivity contribution in [3.8, 4) is 5.75 Å². The standard InChI is InChI=1S/C22H26N4O3/c1-29-15-11-9-14(10-12-15)13-19(21-23-16-5-2-3-6-17(16)24-21)26-22(28)25-18-7-4-8-20(18)27/h2-3,5-6,9-12,18-20,27H,4,7-8,13H2,1H3,(H,23,24)(H2,25,26,28)/t18-,19-,20-/m1/s1. The molecule has 2 aromatic carbocycles. The van der Waals surface area contributed by atoms with Gasteiger partial charge in [0, 0.05) is 0 Å². The normalized spacial score (nSPS) is 19.8. The molecule has 4 N–H and O–H groups in total. The zero-order valence-electron chi connectivity index (χ0n) is 16.4. The number of benzene rings is 2. The van der Waals surface area contributed by atoms with Crippen LogP contribution in [0.1, 0.15) is 36.7 Å². The molecule has 0 saturated heterocycles. The first kappa shape index (κ1) is 19.3. The second kappa shape index (κ2) is 8.53. The summed E-state index contributed by atoms with van der Waals surface area (Å²) in [6, 6.07) is 14.7. The largest absolute Gasteiger partial charge is 0.497 e. The van der Waals surface area contributed by atoms with Crippen LogP contribution in [0.5, 0.6) is 5.75 Å². The third-order valence-corrected chi connectivity index (χ3v) is 5.44. The van der Waals surface area contributed by atoms with E-state index < -0.39 is 6.10 Å². The number of aliphatic hydroxyl groups is 1. The highest BCUT2D eigenvalue weighted by Gasteiger charge is 2.28. The number of H-pyrrole nitrogens is 1. The van der Waals surface area contributed by atoms with E-state index in [0.29, 0.717) is 12.2 Å². The van der Waals surface area contributed by atoms with Gasteiger partial charge in [-0.25, -0.2) is 9.78 Å². The number of imidazole rings is 1. The lowest BCUT2D eigenvalue weighted by Gasteiger charge is -2.21. The van der Waals surface area contributed by atoms with E-state index in [9.17, 15) is 9.90 Å². The van der Waals surface area contributed by atoms with Crippen molar-refractivity contribution in [1.29, 1.82) is 0 Å². The summed E-state index contributed by atoms with van der Waals surface area (Å²) >= 11 is 0. The van der Waals surface area contributed by atoms with E-state index in [1.807, 2.05) is 48.5 Å². The average molecular weight is 394 g/mol. The van der Waals surface area contributed by atoms with Gasteiger partial charge in [0.15, 0.2) is 0 Å². The third-order valence-electron chi connectivity index (χ3n) is 5.44. The van der Waals surface area contributed by atoms with Gasteiger partial charge in [0.25, 0.3) is 0 Å². The number of rotatable bonds is 6. The topological polar surface area (TPSA) is 99.3 Å². The fourth-order valence-corrected chi connectivity index (χ4v) is 3.83. The van der Waals surface area contributed by atoms with Crippen molar-refractivity contribution in [3.63, 3.8) is 0 Å². The first-order chi connectivity index (χ1) is 14.1. The Balaban J connectivity index is 1.54. The molecular weight excluding hydrogens is 368 g/mol. The number of carbonyl (C=O) groups is 1. The molecule has 2 amide bonds. The molecule has 1 aromatic heterocycles. The summed E-state index contributed by atoms with van der Waals surface area (Å²) in [4.78, 5) is 20.6. The number of carbonyl (C=O) groups excluding carboxylic acids is 1. The van der Waals surface area contributed by atoms with Crippen molar-refractivity contribution in [3.05, 3.63) is 59.9 Å². The Kier molecular flexibility index (Phi) is 5.67. The highest BCUT2D eigenvalue weighted by Crippen LogP contribution is 2.22. The number of aromatic nitrogens is 2. The van der Waals surface area contributed by atoms with Gasteiger partial charge in [0.2, 0.25) is 0 Å². The van der Waals surface area contributed by atoms with Crippen LogP contribution in [0.2, 0.25) is 0 Å². The maximum atomic E-state index is 12.6. The van der Waals surface area contributed by atoms with Crippen molar-refractivity contribution < 1.29 is 14.6 Å². The fraction of sp³-hybridized carbons (Fsp3) is 0.364. The molecule has 1 aliphatic carbocycles. The monoisotopic (exact) mass is 394 g/mol. The Labute approximate surface area is 169 Å². The van der Waals surface area contributed by atoms with Crippen molar-refractivity contribution in [1.82, 2.24) is 20.6 Å². The summed E-state index contributed by atoms with van der Waals surface area (Å²) in [5.74, 6) is 1.49. The molecule has 1 fully saturated rings. The van der Waals surface area contributed by atoms with Gasteiger partial charge in [0.1, 0.15) is 11.6 Å². The van der Waals surface area contributed by atoms with Gasteiger partial charge in [-0.15, -0.1) is 0 Å². The van der Waals surface area contributed by atoms with Gasteiger partial charge in [0.05, 0.1) is 36.3 Å². The van der Waals surface area contributed by atoms with Crippen LogP contribution in [0.25, 0.3) is 11.0 Å². The zero-order chi connectivity index (χ0) is 20.2. The number of para-hydroxylation sites is 2. The maximum Gasteiger partial charge on any atom is 0.315 e. The van der Waals surface area contributed by atoms with E-state index in [0.717, 1.165) is 41.6 Å². The van der Waals surface area contributed by atoms with E-state index in [1.54, 1.807) is 7.11 Å². The lowest BCUT2D eigenvalue weighted by atomic mass is 10.1. The van der Waals surface area contributed by atoms with Gasteiger partial charge >= 0.3 is 6.03 Å². The predicted octanol–water partition coefficient (Wildman–Crippen LogP) is 3.07. The molecule has 1 heterocycles. The molecule has 29 heavy (non-hydrogen) atoms. The lowest BCUT2D eigenvalue weighted by Crippen LogP contribution is -2.46. The van der Waals surface area contributed by atoms with Crippen LogP contribution in [0.3, 0.4) is 0 Å². The van der Waals surface area contributed by atoms with E-state index in [4.69, 9.17) is 4.74 Å². The lowest BCUT2D eigenvalue weighted by molar-refractivity contribution is 0.149. The quantitative estimate of drug-likeness (QED) is 0.516. The summed E-state index contributed by atoms with van der Waals surface area (Å²) in [7, 11) is 1.63. The van der Waals surface area contributed by atoms with Crippen LogP contribution in [-0.2, 0) is 6.42 Å². The number of hydrogen-bond acceptors (Lipinski definition) is 4. The number of fused-ring (bicyclic) bond motifs is 1. The summed E-state index contributed by atoms with van der Waals surface area (Å²) in [5.41, 5.74) is 2.84. The number of amides is 2. The van der Waals surface area contributed by atoms with Gasteiger partial charge in [-0.3, -0.25) is 0 Å². The fourth-order valence-electron chi connectivity index (χ4n) is 3.83. The molecule has 0 aliphatic heterocycles. The van der Waals surface area contributed by atoms with Crippen molar-refractivity contribution in [2.24, 2.45) is 0 Å². The summed E-state index contributed by atoms with van der Waals surface area (Å²) in [5, 5.41) is 15.9. The van der Waals surface area contributed by atoms with Crippen molar-refractivity contribution in [2.75, 3.05) is 7.11 Å². The number of ether oxygens (including phenoxy) is 1. The molecular formula is C22H26N4O3. The predicted molar refractivity (Wildman–Crippen MR) is 111 cm³/mol. The van der Waals surface area contributed by atoms with Crippen LogP contribution in [0.15, 0.2) is 48.5 Å². The minimum absolute atomic E-state index is 0.202. The Bertz CT molecular complexity index is 937. The molecule has 0 spiro atoms. The van der Waals surface area contributed by atoms with E-state index in [-0.39, 0.29) is 18.1 Å². The molecule has 7 nitrogen and oxygen atoms in total. The molecule has 1 aliphatic rings. The number of aromatic amines is 1. The summed E-state index contributed by atoms with van der Waals surface area (Å²) in [6.07, 6.45) is 2.54. The zero-order valence-corrected chi connectivity index (χ0v) is 16.4. The van der Waals surface area contributed by atoms with E-state index in [2.05, 4.69) is 20.6 Å². The van der Waals surface area contributed by atoms with Crippen LogP contribution in [0, 0.1) is 0 Å². The first-order valence-electron chi connectivity index (χ1n) is 9.95. The molecule has 0 radical (unpaired) electrons. The van der Waals surface area contributed by atoms with Crippen LogP contribution < -0.4 is 15.4 Å². The second-order valence-corrected chi connectivity index (χ2v) is 7.47. The molecule has 0 bridgehead atoms. The maximum absolute atomic E-state index is 12.6. The van der Waals surface area contributed by atoms with Crippen LogP contribution >= 0.6 is 0 Å². The number of nitrogens with zero attached hydrogens (tertiary/aromatic N) is 1. The van der Waals surface area contributed by atoms with Crippen LogP contribution in [-0.4, -0.2) is 40.4 Å². The Morgan fingerprint density at radius 3 is 2.72 bits per heavy atom. The van der Waals surface area contributed by atoms with Gasteiger partial charge in [-0.1, -0.05) is 24.3 Å². The number of nitrogens with one attached hydrogen (secondary N) is 3. The molecule has 4 rings (SSSR count). The summed E-state index contributed by atoms with van der Waals surface area (Å²) in [6.45, 7) is 0. The molecule has 3 atom stereocenters. The van der Waals surface area contributed by atoms with Gasteiger partial charge in [-0.2, -0.15) is 0 Å². The molecule has 7 heteroatoms. The Hall–Kier alpha value is -3.06. The van der Waals surface area contributed by atoms with Gasteiger partial charge < -0.3 is 25.5 Å². The minimum atomic E-state index is -0.480. The Morgan fingerprint density at radius 1 is 1.24 bits per heavy atom. The third kappa shape index (κ3) is 4.51. The smallest absolute Gasteiger partial charge is 0.315 e. The second-order valence-electron chi connectivity index (χ2n) is 7.47. The number of methoxy groups -OCH3 is 1.